The Morgan fingerprint density at radius 3 is 2.53 bits per heavy atom. The molecule has 1 aromatic heterocycles. The molecule has 34 heavy (non-hydrogen) atoms. The molecule has 0 saturated carbocycles. The molecule has 4 rings (SSSR count). The number of carbonyl (C=O) groups is 3. The fourth-order valence-electron chi connectivity index (χ4n) is 4.44. The predicted molar refractivity (Wildman–Crippen MR) is 123 cm³/mol. The van der Waals surface area contributed by atoms with Crippen molar-refractivity contribution in [1.29, 1.82) is 0 Å². The number of fused-ring (bicyclic) bond motifs is 1. The Labute approximate surface area is 196 Å². The third kappa shape index (κ3) is 4.84. The molecule has 3 heterocycles. The number of amides is 3. The molecule has 2 aromatic rings. The zero-order valence-corrected chi connectivity index (χ0v) is 19.9. The molecule has 0 aliphatic carbocycles. The number of aromatic nitrogens is 2. The van der Waals surface area contributed by atoms with Gasteiger partial charge >= 0.3 is 12.0 Å². The van der Waals surface area contributed by atoms with Crippen molar-refractivity contribution < 1.29 is 28.6 Å². The van der Waals surface area contributed by atoms with E-state index >= 15 is 4.39 Å². The van der Waals surface area contributed by atoms with Gasteiger partial charge in [-0.1, -0.05) is 0 Å². The zero-order chi connectivity index (χ0) is 24.8. The van der Waals surface area contributed by atoms with Gasteiger partial charge in [0.15, 0.2) is 5.82 Å². The summed E-state index contributed by atoms with van der Waals surface area (Å²) in [5.74, 6) is -1.00. The number of nitrogens with one attached hydrogen (secondary N) is 1. The van der Waals surface area contributed by atoms with E-state index < -0.39 is 29.0 Å². The quantitative estimate of drug-likeness (QED) is 0.651. The Morgan fingerprint density at radius 1 is 1.24 bits per heavy atom. The monoisotopic (exact) mass is 475 g/mol. The highest BCUT2D eigenvalue weighted by atomic mass is 19.1. The number of halogens is 1. The standard InChI is InChI=1S/C23H30FN5O5/c1-22(2,3)34-19(31)13-23(33)6-9-28(10-7-23)17-12-16-14(11-15(17)24)20(26-27(16)4)29-8-5-18(30)25-21(29)32/h11-12,33H,5-10,13H2,1-4H3,(H,25,30,32). The van der Waals surface area contributed by atoms with Gasteiger partial charge in [-0.2, -0.15) is 5.10 Å². The molecule has 2 aliphatic heterocycles. The number of ether oxygens (including phenoxy) is 1. The molecule has 0 radical (unpaired) electrons. The minimum absolute atomic E-state index is 0.106. The van der Waals surface area contributed by atoms with Gasteiger partial charge in [0.2, 0.25) is 5.91 Å². The lowest BCUT2D eigenvalue weighted by molar-refractivity contribution is -0.161. The van der Waals surface area contributed by atoms with Crippen molar-refractivity contribution in [1.82, 2.24) is 15.1 Å². The number of nitrogens with zero attached hydrogens (tertiary/aromatic N) is 4. The number of rotatable bonds is 4. The average Bonchev–Trinajstić information content (AvgIpc) is 3.01. The first-order chi connectivity index (χ1) is 15.8. The van der Waals surface area contributed by atoms with E-state index in [1.807, 2.05) is 4.90 Å². The lowest BCUT2D eigenvalue weighted by atomic mass is 9.88. The van der Waals surface area contributed by atoms with E-state index in [-0.39, 0.29) is 25.3 Å². The number of anilines is 2. The van der Waals surface area contributed by atoms with E-state index in [0.29, 0.717) is 48.3 Å². The number of aliphatic hydroxyl groups is 1. The van der Waals surface area contributed by atoms with Gasteiger partial charge < -0.3 is 14.7 Å². The number of urea groups is 1. The number of carbonyl (C=O) groups excluding carboxylic acids is 3. The van der Waals surface area contributed by atoms with Gasteiger partial charge in [-0.3, -0.25) is 24.5 Å². The summed E-state index contributed by atoms with van der Waals surface area (Å²) in [5.41, 5.74) is -0.831. The largest absolute Gasteiger partial charge is 0.460 e. The number of imide groups is 1. The highest BCUT2D eigenvalue weighted by Gasteiger charge is 2.37. The second-order valence-electron chi connectivity index (χ2n) is 10.00. The third-order valence-electron chi connectivity index (χ3n) is 6.14. The van der Waals surface area contributed by atoms with Crippen LogP contribution in [0.3, 0.4) is 0 Å². The number of hydrogen-bond acceptors (Lipinski definition) is 7. The van der Waals surface area contributed by atoms with Crippen molar-refractivity contribution in [2.75, 3.05) is 29.4 Å². The molecule has 0 unspecified atom stereocenters. The van der Waals surface area contributed by atoms with Crippen molar-refractivity contribution in [3.63, 3.8) is 0 Å². The molecule has 0 atom stereocenters. The topological polar surface area (TPSA) is 117 Å². The van der Waals surface area contributed by atoms with Gasteiger partial charge in [0.1, 0.15) is 11.4 Å². The average molecular weight is 476 g/mol. The lowest BCUT2D eigenvalue weighted by Crippen LogP contribution is -2.49. The van der Waals surface area contributed by atoms with Crippen LogP contribution in [0.4, 0.5) is 20.7 Å². The molecule has 1 aromatic carbocycles. The van der Waals surface area contributed by atoms with Crippen molar-refractivity contribution in [3.05, 3.63) is 17.9 Å². The Balaban J connectivity index is 1.52. The summed E-state index contributed by atoms with van der Waals surface area (Å²) in [6.45, 7) is 6.22. The number of hydrogen-bond donors (Lipinski definition) is 2. The number of piperidine rings is 1. The van der Waals surface area contributed by atoms with Crippen LogP contribution in [0.1, 0.15) is 46.5 Å². The SMILES string of the molecule is Cn1nc(N2CCC(=O)NC2=O)c2cc(F)c(N3CCC(O)(CC(=O)OC(C)(C)C)CC3)cc21. The second-order valence-corrected chi connectivity index (χ2v) is 10.00. The number of benzene rings is 1. The van der Waals surface area contributed by atoms with Gasteiger partial charge in [0, 0.05) is 38.5 Å². The van der Waals surface area contributed by atoms with Crippen molar-refractivity contribution in [3.8, 4) is 0 Å². The van der Waals surface area contributed by atoms with Crippen molar-refractivity contribution in [2.24, 2.45) is 7.05 Å². The first-order valence-electron chi connectivity index (χ1n) is 11.3. The summed E-state index contributed by atoms with van der Waals surface area (Å²) >= 11 is 0. The minimum atomic E-state index is -1.20. The zero-order valence-electron chi connectivity index (χ0n) is 19.9. The van der Waals surface area contributed by atoms with Crippen LogP contribution in [0.15, 0.2) is 12.1 Å². The van der Waals surface area contributed by atoms with Crippen LogP contribution in [0, 0.1) is 5.82 Å². The first-order valence-corrected chi connectivity index (χ1v) is 11.3. The smallest absolute Gasteiger partial charge is 0.329 e. The summed E-state index contributed by atoms with van der Waals surface area (Å²) in [7, 11) is 1.70. The van der Waals surface area contributed by atoms with Gasteiger partial charge in [-0.25, -0.2) is 9.18 Å². The molecule has 10 nitrogen and oxygen atoms in total. The highest BCUT2D eigenvalue weighted by Crippen LogP contribution is 2.35. The van der Waals surface area contributed by atoms with Crippen LogP contribution < -0.4 is 15.1 Å². The normalized spacial score (nSPS) is 18.9. The molecule has 2 N–H and O–H groups in total. The van der Waals surface area contributed by atoms with Crippen LogP contribution in [-0.4, -0.2) is 63.6 Å². The van der Waals surface area contributed by atoms with Crippen LogP contribution in [0.25, 0.3) is 10.9 Å². The molecule has 3 amide bonds. The van der Waals surface area contributed by atoms with Crippen molar-refractivity contribution in [2.45, 2.75) is 57.7 Å². The summed E-state index contributed by atoms with van der Waals surface area (Å²) in [6, 6.07) is 2.44. The van der Waals surface area contributed by atoms with E-state index in [2.05, 4.69) is 10.4 Å². The van der Waals surface area contributed by atoms with Gasteiger partial charge in [0.05, 0.1) is 23.2 Å². The summed E-state index contributed by atoms with van der Waals surface area (Å²) < 4.78 is 22.1. The predicted octanol–water partition coefficient (Wildman–Crippen LogP) is 2.22. The molecule has 2 saturated heterocycles. The van der Waals surface area contributed by atoms with Gasteiger partial charge in [0.25, 0.3) is 0 Å². The fourth-order valence-corrected chi connectivity index (χ4v) is 4.44. The maximum Gasteiger partial charge on any atom is 0.329 e. The van der Waals surface area contributed by atoms with E-state index in [1.54, 1.807) is 38.6 Å². The Morgan fingerprint density at radius 2 is 1.91 bits per heavy atom. The van der Waals surface area contributed by atoms with Crippen molar-refractivity contribution >= 4 is 40.3 Å². The number of aryl methyl sites for hydroxylation is 1. The molecule has 2 aliphatic rings. The van der Waals surface area contributed by atoms with Gasteiger partial charge in [-0.05, 0) is 45.7 Å². The van der Waals surface area contributed by atoms with Crippen LogP contribution in [0.5, 0.6) is 0 Å². The third-order valence-corrected chi connectivity index (χ3v) is 6.14. The molecule has 11 heteroatoms. The Bertz CT molecular complexity index is 1150. The number of esters is 1. The van der Waals surface area contributed by atoms with Crippen LogP contribution in [-0.2, 0) is 21.4 Å². The van der Waals surface area contributed by atoms with Gasteiger partial charge in [-0.15, -0.1) is 0 Å². The molecule has 0 spiro atoms. The summed E-state index contributed by atoms with van der Waals surface area (Å²) in [6.07, 6.45) is 0.625. The first kappa shape index (κ1) is 23.9. The fraction of sp³-hybridized carbons (Fsp3) is 0.565. The Hall–Kier alpha value is -3.21. The lowest BCUT2D eigenvalue weighted by Gasteiger charge is -2.39. The van der Waals surface area contributed by atoms with Crippen LogP contribution in [0.2, 0.25) is 0 Å². The van der Waals surface area contributed by atoms with Crippen LogP contribution >= 0.6 is 0 Å². The molecule has 2 fully saturated rings. The van der Waals surface area contributed by atoms with E-state index in [1.165, 1.54) is 11.0 Å². The Kier molecular flexibility index (Phi) is 6.01. The molecular formula is C23H30FN5O5. The highest BCUT2D eigenvalue weighted by molar-refractivity contribution is 6.09. The van der Waals surface area contributed by atoms with E-state index in [9.17, 15) is 19.5 Å². The molecule has 184 valence electrons. The maximum absolute atomic E-state index is 15.2. The second kappa shape index (κ2) is 8.53. The molecular weight excluding hydrogens is 445 g/mol. The van der Waals surface area contributed by atoms with E-state index in [4.69, 9.17) is 4.74 Å². The van der Waals surface area contributed by atoms with E-state index in [0.717, 1.165) is 0 Å². The summed E-state index contributed by atoms with van der Waals surface area (Å²) in [4.78, 5) is 39.1. The summed E-state index contributed by atoms with van der Waals surface area (Å²) in [5, 5.41) is 18.0. The maximum atomic E-state index is 15.2. The molecule has 0 bridgehead atoms. The minimum Gasteiger partial charge on any atom is -0.460 e.